The first-order valence-corrected chi connectivity index (χ1v) is 9.57. The third-order valence-electron chi connectivity index (χ3n) is 4.95. The molecule has 1 atom stereocenters. The van der Waals surface area contributed by atoms with Crippen LogP contribution in [0.5, 0.6) is 0 Å². The average molecular weight is 364 g/mol. The smallest absolute Gasteiger partial charge is 0.258 e. The maximum absolute atomic E-state index is 12.3. The van der Waals surface area contributed by atoms with Crippen molar-refractivity contribution in [3.8, 4) is 0 Å². The van der Waals surface area contributed by atoms with Gasteiger partial charge in [0, 0.05) is 6.04 Å². The van der Waals surface area contributed by atoms with Crippen LogP contribution in [-0.2, 0) is 12.0 Å². The van der Waals surface area contributed by atoms with E-state index in [-0.39, 0.29) is 17.0 Å². The standard InChI is InChI=1S/C23H29N3O/c1-15(2)21(16-10-12-17(13-11-16)23(3,4)5)24-14-20-25-19-9-7-6-8-18(19)22(27)26-20/h6-13,15,21,24H,14H2,1-5H3,(H,25,26,27)/t21-/m0/s1. The number of hydrogen-bond acceptors (Lipinski definition) is 3. The number of aromatic amines is 1. The third kappa shape index (κ3) is 4.45. The zero-order valence-electron chi connectivity index (χ0n) is 16.8. The molecule has 3 rings (SSSR count). The van der Waals surface area contributed by atoms with E-state index in [0.717, 1.165) is 5.52 Å². The van der Waals surface area contributed by atoms with Crippen molar-refractivity contribution < 1.29 is 0 Å². The lowest BCUT2D eigenvalue weighted by molar-refractivity contribution is 0.405. The Balaban J connectivity index is 1.80. The number of fused-ring (bicyclic) bond motifs is 1. The van der Waals surface area contributed by atoms with Crippen LogP contribution in [0, 0.1) is 5.92 Å². The Morgan fingerprint density at radius 1 is 1.04 bits per heavy atom. The van der Waals surface area contributed by atoms with Crippen molar-refractivity contribution in [2.45, 2.75) is 52.6 Å². The Labute approximate surface area is 161 Å². The number of nitrogens with zero attached hydrogens (tertiary/aromatic N) is 1. The molecule has 142 valence electrons. The number of rotatable bonds is 5. The molecule has 0 unspecified atom stereocenters. The van der Waals surface area contributed by atoms with Gasteiger partial charge in [-0.2, -0.15) is 0 Å². The molecule has 0 saturated carbocycles. The Hall–Kier alpha value is -2.46. The van der Waals surface area contributed by atoms with E-state index >= 15 is 0 Å². The minimum absolute atomic E-state index is 0.0898. The zero-order chi connectivity index (χ0) is 19.6. The summed E-state index contributed by atoms with van der Waals surface area (Å²) < 4.78 is 0. The molecule has 2 N–H and O–H groups in total. The van der Waals surface area contributed by atoms with Crippen molar-refractivity contribution >= 4 is 10.9 Å². The van der Waals surface area contributed by atoms with E-state index in [9.17, 15) is 4.79 Å². The summed E-state index contributed by atoms with van der Waals surface area (Å²) in [5, 5.41) is 4.19. The fourth-order valence-electron chi connectivity index (χ4n) is 3.35. The molecular weight excluding hydrogens is 334 g/mol. The number of hydrogen-bond donors (Lipinski definition) is 2. The minimum atomic E-state index is -0.0898. The highest BCUT2D eigenvalue weighted by Crippen LogP contribution is 2.27. The first kappa shape index (κ1) is 19.3. The van der Waals surface area contributed by atoms with Crippen LogP contribution in [0.1, 0.15) is 57.6 Å². The van der Waals surface area contributed by atoms with E-state index in [4.69, 9.17) is 0 Å². The first-order valence-electron chi connectivity index (χ1n) is 9.57. The van der Waals surface area contributed by atoms with Crippen LogP contribution in [0.25, 0.3) is 10.9 Å². The van der Waals surface area contributed by atoms with Gasteiger partial charge in [0.25, 0.3) is 5.56 Å². The third-order valence-corrected chi connectivity index (χ3v) is 4.95. The quantitative estimate of drug-likeness (QED) is 0.690. The van der Waals surface area contributed by atoms with Gasteiger partial charge >= 0.3 is 0 Å². The predicted octanol–water partition coefficient (Wildman–Crippen LogP) is 4.71. The highest BCUT2D eigenvalue weighted by Gasteiger charge is 2.18. The lowest BCUT2D eigenvalue weighted by atomic mass is 9.85. The van der Waals surface area contributed by atoms with E-state index in [1.165, 1.54) is 11.1 Å². The largest absolute Gasteiger partial charge is 0.309 e. The molecule has 0 amide bonds. The van der Waals surface area contributed by atoms with Gasteiger partial charge in [0.1, 0.15) is 5.82 Å². The van der Waals surface area contributed by atoms with Gasteiger partial charge in [0.2, 0.25) is 0 Å². The second kappa shape index (κ2) is 7.65. The normalized spacial score (nSPS) is 13.3. The van der Waals surface area contributed by atoms with E-state index in [1.807, 2.05) is 18.2 Å². The number of nitrogens with one attached hydrogen (secondary N) is 2. The molecule has 0 radical (unpaired) electrons. The van der Waals surface area contributed by atoms with Crippen molar-refractivity contribution in [2.24, 2.45) is 5.92 Å². The van der Waals surface area contributed by atoms with Crippen molar-refractivity contribution in [1.82, 2.24) is 15.3 Å². The summed E-state index contributed by atoms with van der Waals surface area (Å²) in [6.07, 6.45) is 0. The summed E-state index contributed by atoms with van der Waals surface area (Å²) in [6, 6.07) is 16.4. The van der Waals surface area contributed by atoms with Crippen LogP contribution in [0.3, 0.4) is 0 Å². The number of benzene rings is 2. The highest BCUT2D eigenvalue weighted by atomic mass is 16.1. The van der Waals surface area contributed by atoms with Crippen LogP contribution < -0.4 is 10.9 Å². The van der Waals surface area contributed by atoms with Crippen LogP contribution in [0.2, 0.25) is 0 Å². The molecule has 0 aliphatic heterocycles. The van der Waals surface area contributed by atoms with Gasteiger partial charge in [-0.05, 0) is 34.6 Å². The molecule has 0 spiro atoms. The molecule has 0 aliphatic carbocycles. The van der Waals surface area contributed by atoms with Crippen LogP contribution in [-0.4, -0.2) is 9.97 Å². The minimum Gasteiger partial charge on any atom is -0.309 e. The summed E-state index contributed by atoms with van der Waals surface area (Å²) >= 11 is 0. The Morgan fingerprint density at radius 3 is 2.33 bits per heavy atom. The van der Waals surface area contributed by atoms with E-state index < -0.39 is 0 Å². The summed E-state index contributed by atoms with van der Waals surface area (Å²) in [4.78, 5) is 19.7. The van der Waals surface area contributed by atoms with E-state index in [1.54, 1.807) is 6.07 Å². The lowest BCUT2D eigenvalue weighted by Gasteiger charge is -2.25. The van der Waals surface area contributed by atoms with Crippen LogP contribution in [0.4, 0.5) is 0 Å². The Bertz CT molecular complexity index is 965. The van der Waals surface area contributed by atoms with E-state index in [2.05, 4.69) is 74.2 Å². The molecule has 3 aromatic rings. The fourth-order valence-corrected chi connectivity index (χ4v) is 3.35. The Morgan fingerprint density at radius 2 is 1.70 bits per heavy atom. The van der Waals surface area contributed by atoms with Gasteiger partial charge in [-0.1, -0.05) is 71.0 Å². The summed E-state index contributed by atoms with van der Waals surface area (Å²) in [5.74, 6) is 1.08. The topological polar surface area (TPSA) is 57.8 Å². The molecule has 27 heavy (non-hydrogen) atoms. The Kier molecular flexibility index (Phi) is 5.47. The summed E-state index contributed by atoms with van der Waals surface area (Å²) in [6.45, 7) is 11.6. The van der Waals surface area contributed by atoms with Crippen LogP contribution >= 0.6 is 0 Å². The summed E-state index contributed by atoms with van der Waals surface area (Å²) in [5.41, 5.74) is 3.37. The maximum Gasteiger partial charge on any atom is 0.258 e. The van der Waals surface area contributed by atoms with Crippen molar-refractivity contribution in [3.63, 3.8) is 0 Å². The molecular formula is C23H29N3O. The van der Waals surface area contributed by atoms with Crippen LogP contribution in [0.15, 0.2) is 53.3 Å². The monoisotopic (exact) mass is 363 g/mol. The van der Waals surface area contributed by atoms with E-state index in [0.29, 0.717) is 23.7 Å². The van der Waals surface area contributed by atoms with Gasteiger partial charge in [-0.25, -0.2) is 4.98 Å². The fraction of sp³-hybridized carbons (Fsp3) is 0.391. The van der Waals surface area contributed by atoms with Crippen molar-refractivity contribution in [2.75, 3.05) is 0 Å². The second-order valence-corrected chi connectivity index (χ2v) is 8.50. The van der Waals surface area contributed by atoms with Crippen molar-refractivity contribution in [3.05, 3.63) is 75.8 Å². The molecule has 1 heterocycles. The molecule has 4 heteroatoms. The molecule has 2 aromatic carbocycles. The van der Waals surface area contributed by atoms with Crippen molar-refractivity contribution in [1.29, 1.82) is 0 Å². The number of H-pyrrole nitrogens is 1. The molecule has 0 saturated heterocycles. The first-order chi connectivity index (χ1) is 12.8. The lowest BCUT2D eigenvalue weighted by Crippen LogP contribution is -2.27. The molecule has 1 aromatic heterocycles. The molecule has 4 nitrogen and oxygen atoms in total. The van der Waals surface area contributed by atoms with Gasteiger partial charge in [-0.15, -0.1) is 0 Å². The highest BCUT2D eigenvalue weighted by molar-refractivity contribution is 5.77. The second-order valence-electron chi connectivity index (χ2n) is 8.50. The van der Waals surface area contributed by atoms with Gasteiger partial charge in [-0.3, -0.25) is 4.79 Å². The number of aromatic nitrogens is 2. The average Bonchev–Trinajstić information content (AvgIpc) is 2.61. The van der Waals surface area contributed by atoms with Gasteiger partial charge in [0.05, 0.1) is 17.4 Å². The predicted molar refractivity (Wildman–Crippen MR) is 112 cm³/mol. The SMILES string of the molecule is CC(C)[C@H](NCc1nc2ccccc2c(=O)[nH]1)c1ccc(C(C)(C)C)cc1. The summed E-state index contributed by atoms with van der Waals surface area (Å²) in [7, 11) is 0. The zero-order valence-corrected chi connectivity index (χ0v) is 16.8. The van der Waals surface area contributed by atoms with Gasteiger partial charge in [0.15, 0.2) is 0 Å². The van der Waals surface area contributed by atoms with Gasteiger partial charge < -0.3 is 10.3 Å². The number of para-hydroxylation sites is 1. The molecule has 0 fully saturated rings. The molecule has 0 aliphatic rings. The maximum atomic E-state index is 12.3. The molecule has 0 bridgehead atoms.